The van der Waals surface area contributed by atoms with E-state index >= 15 is 0 Å². The highest BCUT2D eigenvalue weighted by Gasteiger charge is 2.07. The van der Waals surface area contributed by atoms with Gasteiger partial charge in [0.2, 0.25) is 11.8 Å². The largest absolute Gasteiger partial charge is 0.481 e. The third kappa shape index (κ3) is 3.25. The summed E-state index contributed by atoms with van der Waals surface area (Å²) in [5.41, 5.74) is 0.997. The lowest BCUT2D eigenvalue weighted by molar-refractivity contribution is 0.348. The third-order valence-electron chi connectivity index (χ3n) is 2.43. The van der Waals surface area contributed by atoms with E-state index in [1.54, 1.807) is 6.07 Å². The molecule has 0 aliphatic rings. The molecule has 0 amide bonds. The Morgan fingerprint density at radius 1 is 0.947 bits per heavy atom. The van der Waals surface area contributed by atoms with Gasteiger partial charge in [0.05, 0.1) is 20.3 Å². The first-order valence-corrected chi connectivity index (χ1v) is 5.68. The maximum Gasteiger partial charge on any atom is 0.328 e. The number of methoxy groups -OCH3 is 2. The van der Waals surface area contributed by atoms with E-state index in [2.05, 4.69) is 15.3 Å². The van der Waals surface area contributed by atoms with E-state index in [9.17, 15) is 0 Å². The van der Waals surface area contributed by atoms with Crippen molar-refractivity contribution in [3.8, 4) is 23.5 Å². The quantitative estimate of drug-likeness (QED) is 0.891. The number of ether oxygens (including phenoxy) is 3. The summed E-state index contributed by atoms with van der Waals surface area (Å²) < 4.78 is 15.7. The van der Waals surface area contributed by atoms with E-state index in [1.807, 2.05) is 31.3 Å². The minimum absolute atomic E-state index is 0.174. The topological polar surface area (TPSA) is 65.5 Å². The van der Waals surface area contributed by atoms with E-state index in [4.69, 9.17) is 14.2 Å². The molecule has 1 N–H and O–H groups in total. The first kappa shape index (κ1) is 12.9. The van der Waals surface area contributed by atoms with Crippen LogP contribution in [0, 0.1) is 0 Å². The molecule has 0 radical (unpaired) electrons. The number of aromatic nitrogens is 2. The minimum atomic E-state index is 0.174. The van der Waals surface area contributed by atoms with Gasteiger partial charge in [-0.25, -0.2) is 0 Å². The van der Waals surface area contributed by atoms with Gasteiger partial charge in [-0.05, 0) is 24.3 Å². The van der Waals surface area contributed by atoms with Crippen molar-refractivity contribution in [2.45, 2.75) is 0 Å². The predicted octanol–water partition coefficient (Wildman–Crippen LogP) is 2.33. The summed E-state index contributed by atoms with van der Waals surface area (Å²) >= 11 is 0. The lowest BCUT2D eigenvalue weighted by atomic mass is 10.3. The normalized spacial score (nSPS) is 9.84. The molecule has 2 aromatic rings. The van der Waals surface area contributed by atoms with Gasteiger partial charge in [0.1, 0.15) is 5.75 Å². The summed E-state index contributed by atoms with van der Waals surface area (Å²) in [5.74, 6) is 1.40. The average Bonchev–Trinajstić information content (AvgIpc) is 2.47. The molecule has 6 nitrogen and oxygen atoms in total. The van der Waals surface area contributed by atoms with Crippen LogP contribution in [0.4, 0.5) is 5.69 Å². The SMILES string of the molecule is CNc1ccc(Oc2nc(OC)cc(OC)n2)cc1. The van der Waals surface area contributed by atoms with Crippen molar-refractivity contribution in [1.82, 2.24) is 9.97 Å². The van der Waals surface area contributed by atoms with Gasteiger partial charge in [0.25, 0.3) is 0 Å². The first-order valence-electron chi connectivity index (χ1n) is 5.68. The zero-order valence-corrected chi connectivity index (χ0v) is 11.0. The molecule has 2 rings (SSSR count). The highest BCUT2D eigenvalue weighted by molar-refractivity contribution is 5.46. The van der Waals surface area contributed by atoms with Crippen molar-refractivity contribution >= 4 is 5.69 Å². The standard InChI is InChI=1S/C13H15N3O3/c1-14-9-4-6-10(7-5-9)19-13-15-11(17-2)8-12(16-13)18-3/h4-8,14H,1-3H3. The van der Waals surface area contributed by atoms with Crippen LogP contribution in [-0.4, -0.2) is 31.2 Å². The van der Waals surface area contributed by atoms with Crippen molar-refractivity contribution in [2.24, 2.45) is 0 Å². The Balaban J connectivity index is 2.21. The minimum Gasteiger partial charge on any atom is -0.481 e. The number of hydrogen-bond donors (Lipinski definition) is 1. The Kier molecular flexibility index (Phi) is 4.02. The molecule has 0 fully saturated rings. The molecule has 0 spiro atoms. The van der Waals surface area contributed by atoms with Crippen LogP contribution in [0.1, 0.15) is 0 Å². The van der Waals surface area contributed by atoms with E-state index in [0.29, 0.717) is 17.5 Å². The predicted molar refractivity (Wildman–Crippen MR) is 71.2 cm³/mol. The van der Waals surface area contributed by atoms with Gasteiger partial charge in [0.15, 0.2) is 0 Å². The number of hydrogen-bond acceptors (Lipinski definition) is 6. The van der Waals surface area contributed by atoms with Gasteiger partial charge in [0, 0.05) is 12.7 Å². The van der Waals surface area contributed by atoms with Crippen LogP contribution in [0.2, 0.25) is 0 Å². The number of nitrogens with zero attached hydrogens (tertiary/aromatic N) is 2. The molecule has 0 bridgehead atoms. The molecule has 19 heavy (non-hydrogen) atoms. The zero-order valence-electron chi connectivity index (χ0n) is 11.0. The second-order valence-electron chi connectivity index (χ2n) is 3.61. The molecule has 6 heteroatoms. The second-order valence-corrected chi connectivity index (χ2v) is 3.61. The molecule has 0 aliphatic heterocycles. The molecule has 1 aromatic heterocycles. The fourth-order valence-electron chi connectivity index (χ4n) is 1.43. The van der Waals surface area contributed by atoms with Gasteiger partial charge >= 0.3 is 6.01 Å². The van der Waals surface area contributed by atoms with Gasteiger partial charge in [-0.1, -0.05) is 0 Å². The number of rotatable bonds is 5. The summed E-state index contributed by atoms with van der Waals surface area (Å²) in [4.78, 5) is 8.17. The van der Waals surface area contributed by atoms with Crippen LogP contribution >= 0.6 is 0 Å². The summed E-state index contributed by atoms with van der Waals surface area (Å²) in [7, 11) is 4.90. The van der Waals surface area contributed by atoms with Gasteiger partial charge in [-0.15, -0.1) is 0 Å². The van der Waals surface area contributed by atoms with Crippen LogP contribution in [0.5, 0.6) is 23.5 Å². The summed E-state index contributed by atoms with van der Waals surface area (Å²) in [5, 5.41) is 3.03. The summed E-state index contributed by atoms with van der Waals surface area (Å²) in [6.45, 7) is 0. The molecule has 0 saturated heterocycles. The lowest BCUT2D eigenvalue weighted by Crippen LogP contribution is -1.98. The maximum atomic E-state index is 5.55. The average molecular weight is 261 g/mol. The first-order chi connectivity index (χ1) is 9.25. The molecule has 0 unspecified atom stereocenters. The molecule has 100 valence electrons. The molecular weight excluding hydrogens is 246 g/mol. The molecule has 0 aliphatic carbocycles. The van der Waals surface area contributed by atoms with Crippen LogP contribution < -0.4 is 19.5 Å². The van der Waals surface area contributed by atoms with Crippen molar-refractivity contribution in [3.05, 3.63) is 30.3 Å². The van der Waals surface area contributed by atoms with Crippen LogP contribution in [0.25, 0.3) is 0 Å². The second kappa shape index (κ2) is 5.90. The van der Waals surface area contributed by atoms with E-state index in [-0.39, 0.29) is 6.01 Å². The Labute approximate surface area is 111 Å². The van der Waals surface area contributed by atoms with Crippen LogP contribution in [0.3, 0.4) is 0 Å². The molecule has 0 saturated carbocycles. The fraction of sp³-hybridized carbons (Fsp3) is 0.231. The van der Waals surface area contributed by atoms with Gasteiger partial charge in [-0.3, -0.25) is 0 Å². The number of benzene rings is 1. The van der Waals surface area contributed by atoms with E-state index in [1.165, 1.54) is 14.2 Å². The van der Waals surface area contributed by atoms with Gasteiger partial charge in [-0.2, -0.15) is 9.97 Å². The number of anilines is 1. The monoisotopic (exact) mass is 261 g/mol. The van der Waals surface area contributed by atoms with Crippen molar-refractivity contribution in [1.29, 1.82) is 0 Å². The number of nitrogens with one attached hydrogen (secondary N) is 1. The van der Waals surface area contributed by atoms with E-state index < -0.39 is 0 Å². The Morgan fingerprint density at radius 2 is 1.53 bits per heavy atom. The van der Waals surface area contributed by atoms with Crippen molar-refractivity contribution in [2.75, 3.05) is 26.6 Å². The van der Waals surface area contributed by atoms with Crippen LogP contribution in [0.15, 0.2) is 30.3 Å². The zero-order chi connectivity index (χ0) is 13.7. The fourth-order valence-corrected chi connectivity index (χ4v) is 1.43. The highest BCUT2D eigenvalue weighted by atomic mass is 16.5. The Morgan fingerprint density at radius 3 is 2.00 bits per heavy atom. The summed E-state index contributed by atoms with van der Waals surface area (Å²) in [6.07, 6.45) is 0. The van der Waals surface area contributed by atoms with Crippen molar-refractivity contribution in [3.63, 3.8) is 0 Å². The lowest BCUT2D eigenvalue weighted by Gasteiger charge is -2.08. The van der Waals surface area contributed by atoms with Crippen molar-refractivity contribution < 1.29 is 14.2 Å². The molecule has 1 heterocycles. The summed E-state index contributed by atoms with van der Waals surface area (Å²) in [6, 6.07) is 9.19. The maximum absolute atomic E-state index is 5.55. The Hall–Kier alpha value is -2.50. The third-order valence-corrected chi connectivity index (χ3v) is 2.43. The van der Waals surface area contributed by atoms with Crippen LogP contribution in [-0.2, 0) is 0 Å². The van der Waals surface area contributed by atoms with E-state index in [0.717, 1.165) is 5.69 Å². The smallest absolute Gasteiger partial charge is 0.328 e. The molecular formula is C13H15N3O3. The Bertz CT molecular complexity index is 521. The highest BCUT2D eigenvalue weighted by Crippen LogP contribution is 2.24. The van der Waals surface area contributed by atoms with Gasteiger partial charge < -0.3 is 19.5 Å². The molecule has 1 aromatic carbocycles. The molecule has 0 atom stereocenters.